The first-order valence-electron chi connectivity index (χ1n) is 9.66. The van der Waals surface area contributed by atoms with Crippen LogP contribution in [0.4, 0.5) is 0 Å². The molecule has 0 fully saturated rings. The van der Waals surface area contributed by atoms with Gasteiger partial charge in [0.2, 0.25) is 0 Å². The van der Waals surface area contributed by atoms with Gasteiger partial charge in [-0.2, -0.15) is 5.26 Å². The Morgan fingerprint density at radius 3 is 2.59 bits per heavy atom. The lowest BCUT2D eigenvalue weighted by atomic mass is 10.0. The Bertz CT molecular complexity index is 882. The van der Waals surface area contributed by atoms with Crippen LogP contribution in [-0.4, -0.2) is 43.0 Å². The third kappa shape index (κ3) is 7.05. The fourth-order valence-corrected chi connectivity index (χ4v) is 2.74. The van der Waals surface area contributed by atoms with E-state index in [1.54, 1.807) is 6.07 Å². The summed E-state index contributed by atoms with van der Waals surface area (Å²) < 4.78 is 5.71. The van der Waals surface area contributed by atoms with Crippen molar-refractivity contribution in [3.05, 3.63) is 65.0 Å². The van der Waals surface area contributed by atoms with Crippen LogP contribution < -0.4 is 10.1 Å². The molecule has 2 aromatic rings. The molecule has 1 amide bonds. The molecule has 29 heavy (non-hydrogen) atoms. The summed E-state index contributed by atoms with van der Waals surface area (Å²) >= 11 is 0. The number of pyridine rings is 1. The quantitative estimate of drug-likeness (QED) is 0.522. The molecule has 1 N–H and O–H groups in total. The monoisotopic (exact) mass is 392 g/mol. The highest BCUT2D eigenvalue weighted by Crippen LogP contribution is 2.21. The molecule has 152 valence electrons. The molecule has 1 atom stereocenters. The zero-order chi connectivity index (χ0) is 21.2. The molecule has 0 bridgehead atoms. The Hall–Kier alpha value is -3.17. The molecule has 1 heterocycles. The number of ether oxygens (including phenoxy) is 1. The third-order valence-electron chi connectivity index (χ3n) is 4.37. The van der Waals surface area contributed by atoms with Crippen LogP contribution in [0, 0.1) is 18.3 Å². The number of aromatic nitrogens is 1. The zero-order valence-corrected chi connectivity index (χ0v) is 17.5. The normalized spacial score (nSPS) is 12.3. The van der Waals surface area contributed by atoms with Crippen LogP contribution in [0.1, 0.15) is 36.3 Å². The molecule has 0 aliphatic carbocycles. The minimum Gasteiger partial charge on any atom is -0.492 e. The minimum absolute atomic E-state index is 0.0326. The van der Waals surface area contributed by atoms with Gasteiger partial charge in [-0.25, -0.2) is 0 Å². The van der Waals surface area contributed by atoms with Gasteiger partial charge >= 0.3 is 0 Å². The van der Waals surface area contributed by atoms with Gasteiger partial charge in [0.05, 0.1) is 11.7 Å². The lowest BCUT2D eigenvalue weighted by molar-refractivity contribution is -0.117. The Balaban J connectivity index is 2.06. The lowest BCUT2D eigenvalue weighted by Gasteiger charge is -2.18. The first-order chi connectivity index (χ1) is 13.9. The predicted octanol–water partition coefficient (Wildman–Crippen LogP) is 3.50. The number of rotatable bonds is 9. The Labute approximate surface area is 172 Å². The van der Waals surface area contributed by atoms with Crippen LogP contribution in [0.25, 0.3) is 6.08 Å². The van der Waals surface area contributed by atoms with Crippen LogP contribution in [0.15, 0.2) is 48.0 Å². The maximum atomic E-state index is 12.6. The second kappa shape index (κ2) is 11.0. The molecule has 0 aliphatic rings. The number of carbonyl (C=O) groups excluding carboxylic acids is 1. The van der Waals surface area contributed by atoms with Crippen molar-refractivity contribution in [3.63, 3.8) is 0 Å². The highest BCUT2D eigenvalue weighted by atomic mass is 16.5. The van der Waals surface area contributed by atoms with Crippen LogP contribution in [0.2, 0.25) is 0 Å². The van der Waals surface area contributed by atoms with Crippen LogP contribution >= 0.6 is 0 Å². The molecule has 1 unspecified atom stereocenters. The Kier molecular flexibility index (Phi) is 8.38. The van der Waals surface area contributed by atoms with E-state index in [0.29, 0.717) is 18.7 Å². The van der Waals surface area contributed by atoms with E-state index in [-0.39, 0.29) is 11.6 Å². The third-order valence-corrected chi connectivity index (χ3v) is 4.37. The van der Waals surface area contributed by atoms with E-state index in [1.165, 1.54) is 6.08 Å². The van der Waals surface area contributed by atoms with Crippen molar-refractivity contribution in [1.82, 2.24) is 15.2 Å². The van der Waals surface area contributed by atoms with Gasteiger partial charge in [-0.3, -0.25) is 9.78 Å². The van der Waals surface area contributed by atoms with Crippen molar-refractivity contribution in [2.75, 3.05) is 27.2 Å². The second-order valence-electron chi connectivity index (χ2n) is 7.03. The highest BCUT2D eigenvalue weighted by Gasteiger charge is 2.16. The number of benzene rings is 1. The van der Waals surface area contributed by atoms with Crippen LogP contribution in [0.5, 0.6) is 5.75 Å². The molecule has 0 radical (unpaired) electrons. The highest BCUT2D eigenvalue weighted by molar-refractivity contribution is 6.01. The summed E-state index contributed by atoms with van der Waals surface area (Å²) in [5, 5.41) is 12.4. The number of likely N-dealkylation sites (N-methyl/N-ethyl adjacent to an activating group) is 1. The second-order valence-corrected chi connectivity index (χ2v) is 7.03. The van der Waals surface area contributed by atoms with Crippen molar-refractivity contribution in [1.29, 1.82) is 5.26 Å². The summed E-state index contributed by atoms with van der Waals surface area (Å²) in [7, 11) is 4.00. The van der Waals surface area contributed by atoms with Gasteiger partial charge in [-0.05, 0) is 63.3 Å². The predicted molar refractivity (Wildman–Crippen MR) is 114 cm³/mol. The molecule has 6 nitrogen and oxygen atoms in total. The Morgan fingerprint density at radius 2 is 2.00 bits per heavy atom. The van der Waals surface area contributed by atoms with Crippen molar-refractivity contribution in [2.45, 2.75) is 26.3 Å². The molecule has 1 aromatic heterocycles. The summed E-state index contributed by atoms with van der Waals surface area (Å²) in [6.45, 7) is 5.31. The number of carbonyl (C=O) groups is 1. The zero-order valence-electron chi connectivity index (χ0n) is 17.5. The standard InChI is InChI=1S/C23H28N4O2/c1-5-22(18-9-11-21(12-10-18)29-14-13-27(3)4)26-23(28)19(16-24)15-20-8-6-7-17(2)25-20/h6-12,15,22H,5,13-14H2,1-4H3,(H,26,28)/b19-15+. The average Bonchev–Trinajstić information content (AvgIpc) is 2.70. The molecular formula is C23H28N4O2. The topological polar surface area (TPSA) is 78.2 Å². The van der Waals surface area contributed by atoms with Crippen molar-refractivity contribution in [2.24, 2.45) is 0 Å². The van der Waals surface area contributed by atoms with Crippen molar-refractivity contribution < 1.29 is 9.53 Å². The summed E-state index contributed by atoms with van der Waals surface area (Å²) in [6.07, 6.45) is 2.21. The maximum Gasteiger partial charge on any atom is 0.262 e. The lowest BCUT2D eigenvalue weighted by Crippen LogP contribution is -2.29. The van der Waals surface area contributed by atoms with Gasteiger partial charge in [0.15, 0.2) is 0 Å². The fourth-order valence-electron chi connectivity index (χ4n) is 2.74. The molecule has 0 saturated heterocycles. The van der Waals surface area contributed by atoms with Crippen LogP contribution in [0.3, 0.4) is 0 Å². The molecule has 1 aromatic carbocycles. The summed E-state index contributed by atoms with van der Waals surface area (Å²) in [6, 6.07) is 14.9. The molecule has 0 saturated carbocycles. The number of nitrogens with zero attached hydrogens (tertiary/aromatic N) is 3. The molecule has 0 aliphatic heterocycles. The van der Waals surface area contributed by atoms with E-state index in [2.05, 4.69) is 15.2 Å². The van der Waals surface area contributed by atoms with Crippen LogP contribution in [-0.2, 0) is 4.79 Å². The largest absolute Gasteiger partial charge is 0.492 e. The molecular weight excluding hydrogens is 364 g/mol. The number of hydrogen-bond donors (Lipinski definition) is 1. The summed E-state index contributed by atoms with van der Waals surface area (Å²) in [5.41, 5.74) is 2.41. The number of nitrogens with one attached hydrogen (secondary N) is 1. The SMILES string of the molecule is CCC(NC(=O)/C(C#N)=C/c1cccc(C)n1)c1ccc(OCCN(C)C)cc1. The first-order valence-corrected chi connectivity index (χ1v) is 9.66. The smallest absolute Gasteiger partial charge is 0.262 e. The van der Waals surface area contributed by atoms with E-state index < -0.39 is 5.91 Å². The average molecular weight is 393 g/mol. The van der Waals surface area contributed by atoms with Crippen molar-refractivity contribution >= 4 is 12.0 Å². The van der Waals surface area contributed by atoms with Gasteiger partial charge in [0, 0.05) is 12.2 Å². The number of amides is 1. The fraction of sp³-hybridized carbons (Fsp3) is 0.348. The van der Waals surface area contributed by atoms with Gasteiger partial charge in [-0.1, -0.05) is 25.1 Å². The number of aryl methyl sites for hydroxylation is 1. The number of hydrogen-bond acceptors (Lipinski definition) is 5. The number of nitriles is 1. The minimum atomic E-state index is -0.408. The van der Waals surface area contributed by atoms with E-state index in [4.69, 9.17) is 4.74 Å². The van der Waals surface area contributed by atoms with Crippen molar-refractivity contribution in [3.8, 4) is 11.8 Å². The summed E-state index contributed by atoms with van der Waals surface area (Å²) in [4.78, 5) is 19.0. The van der Waals surface area contributed by atoms with Gasteiger partial charge in [0.1, 0.15) is 24.0 Å². The molecule has 0 spiro atoms. The van der Waals surface area contributed by atoms with E-state index in [0.717, 1.165) is 23.6 Å². The summed E-state index contributed by atoms with van der Waals surface area (Å²) in [5.74, 6) is 0.383. The maximum absolute atomic E-state index is 12.6. The van der Waals surface area contributed by atoms with E-state index >= 15 is 0 Å². The Morgan fingerprint density at radius 1 is 1.28 bits per heavy atom. The van der Waals surface area contributed by atoms with E-state index in [1.807, 2.05) is 70.4 Å². The molecule has 2 rings (SSSR count). The van der Waals surface area contributed by atoms with E-state index in [9.17, 15) is 10.1 Å². The first kappa shape index (κ1) is 22.1. The van der Waals surface area contributed by atoms with Gasteiger partial charge in [0.25, 0.3) is 5.91 Å². The van der Waals surface area contributed by atoms with Gasteiger partial charge < -0.3 is 15.0 Å². The molecule has 6 heteroatoms. The van der Waals surface area contributed by atoms with Gasteiger partial charge in [-0.15, -0.1) is 0 Å².